The zero-order chi connectivity index (χ0) is 21.0. The number of hydrogen-bond acceptors (Lipinski definition) is 1. The van der Waals surface area contributed by atoms with Crippen molar-refractivity contribution in [1.82, 2.24) is 4.90 Å². The maximum atomic E-state index is 7.22. The minimum Gasteiger partial charge on any atom is -0.302 e. The molecule has 3 heteroatoms. The molecule has 0 amide bonds. The highest BCUT2D eigenvalue weighted by Crippen LogP contribution is 2.51. The van der Waals surface area contributed by atoms with Gasteiger partial charge in [0.05, 0.1) is 9.75 Å². The summed E-state index contributed by atoms with van der Waals surface area (Å²) >= 11 is 14.4. The SMILES string of the molecule is CN(CCCc1c(C2(Cl)CCCC2)cccc1C1(Cl)CCCC1)Cc1ccccc1. The van der Waals surface area contributed by atoms with Crippen LogP contribution in [0.3, 0.4) is 0 Å². The van der Waals surface area contributed by atoms with Crippen LogP contribution in [0.25, 0.3) is 0 Å². The molecule has 2 aromatic carbocycles. The Morgan fingerprint density at radius 1 is 0.767 bits per heavy atom. The number of rotatable bonds is 8. The van der Waals surface area contributed by atoms with E-state index in [1.807, 2.05) is 0 Å². The molecule has 0 bridgehead atoms. The Labute approximate surface area is 192 Å². The lowest BCUT2D eigenvalue weighted by Gasteiger charge is -2.31. The molecular weight excluding hydrogens is 409 g/mol. The molecule has 2 fully saturated rings. The summed E-state index contributed by atoms with van der Waals surface area (Å²) < 4.78 is 0. The predicted molar refractivity (Wildman–Crippen MR) is 130 cm³/mol. The van der Waals surface area contributed by atoms with Crippen molar-refractivity contribution in [2.75, 3.05) is 13.6 Å². The van der Waals surface area contributed by atoms with Crippen molar-refractivity contribution in [2.45, 2.75) is 80.5 Å². The molecule has 30 heavy (non-hydrogen) atoms. The molecule has 0 spiro atoms. The van der Waals surface area contributed by atoms with Crippen molar-refractivity contribution in [2.24, 2.45) is 0 Å². The van der Waals surface area contributed by atoms with Gasteiger partial charge in [-0.1, -0.05) is 74.2 Å². The van der Waals surface area contributed by atoms with Crippen LogP contribution in [-0.2, 0) is 22.7 Å². The summed E-state index contributed by atoms with van der Waals surface area (Å²) in [5, 5.41) is 0. The lowest BCUT2D eigenvalue weighted by Crippen LogP contribution is -2.24. The second-order valence-electron chi connectivity index (χ2n) is 9.50. The molecule has 0 saturated heterocycles. The van der Waals surface area contributed by atoms with Crippen LogP contribution in [0.5, 0.6) is 0 Å². The zero-order valence-electron chi connectivity index (χ0n) is 18.3. The fourth-order valence-electron chi connectivity index (χ4n) is 5.61. The first kappa shape index (κ1) is 22.2. The summed E-state index contributed by atoms with van der Waals surface area (Å²) in [6, 6.07) is 17.5. The highest BCUT2D eigenvalue weighted by Gasteiger charge is 2.40. The Balaban J connectivity index is 1.52. The number of alkyl halides is 2. The average molecular weight is 444 g/mol. The second-order valence-corrected chi connectivity index (χ2v) is 11.0. The zero-order valence-corrected chi connectivity index (χ0v) is 19.8. The van der Waals surface area contributed by atoms with Crippen molar-refractivity contribution in [3.63, 3.8) is 0 Å². The van der Waals surface area contributed by atoms with E-state index in [4.69, 9.17) is 23.2 Å². The number of nitrogens with zero attached hydrogens (tertiary/aromatic N) is 1. The summed E-state index contributed by atoms with van der Waals surface area (Å²) in [5.41, 5.74) is 5.57. The maximum Gasteiger partial charge on any atom is 0.0697 e. The Morgan fingerprint density at radius 2 is 1.30 bits per heavy atom. The Morgan fingerprint density at radius 3 is 1.83 bits per heavy atom. The second kappa shape index (κ2) is 9.63. The van der Waals surface area contributed by atoms with Crippen molar-refractivity contribution in [3.8, 4) is 0 Å². The lowest BCUT2D eigenvalue weighted by atomic mass is 9.82. The molecule has 2 aromatic rings. The van der Waals surface area contributed by atoms with E-state index in [0.717, 1.165) is 51.6 Å². The summed E-state index contributed by atoms with van der Waals surface area (Å²) in [4.78, 5) is 2.05. The van der Waals surface area contributed by atoms with Gasteiger partial charge >= 0.3 is 0 Å². The van der Waals surface area contributed by atoms with E-state index in [1.54, 1.807) is 0 Å². The maximum absolute atomic E-state index is 7.22. The van der Waals surface area contributed by atoms with Crippen LogP contribution in [0, 0.1) is 0 Å². The molecule has 2 saturated carbocycles. The highest BCUT2D eigenvalue weighted by molar-refractivity contribution is 6.25. The van der Waals surface area contributed by atoms with Gasteiger partial charge in [0.2, 0.25) is 0 Å². The molecule has 2 aliphatic carbocycles. The molecule has 0 aliphatic heterocycles. The van der Waals surface area contributed by atoms with E-state index in [0.29, 0.717) is 0 Å². The van der Waals surface area contributed by atoms with Crippen LogP contribution in [0.1, 0.15) is 80.0 Å². The van der Waals surface area contributed by atoms with Crippen molar-refractivity contribution in [3.05, 3.63) is 70.8 Å². The monoisotopic (exact) mass is 443 g/mol. The molecule has 0 heterocycles. The summed E-state index contributed by atoms with van der Waals surface area (Å²) in [7, 11) is 2.22. The summed E-state index contributed by atoms with van der Waals surface area (Å²) in [5.74, 6) is 0. The third kappa shape index (κ3) is 4.90. The largest absolute Gasteiger partial charge is 0.302 e. The van der Waals surface area contributed by atoms with Gasteiger partial charge in [-0.05, 0) is 74.4 Å². The standard InChI is InChI=1S/C27H35Cl2N/c1-30(21-22-11-3-2-4-12-22)20-10-13-23-24(26(28)16-5-6-17-26)14-9-15-25(23)27(29)18-7-8-19-27/h2-4,9,11-12,14-15H,5-8,10,13,16-21H2,1H3. The fourth-order valence-corrected chi connectivity index (χ4v) is 6.49. The minimum atomic E-state index is -0.187. The quantitative estimate of drug-likeness (QED) is 0.376. The molecule has 0 radical (unpaired) electrons. The molecule has 4 rings (SSSR count). The topological polar surface area (TPSA) is 3.24 Å². The van der Waals surface area contributed by atoms with Gasteiger partial charge in [0.25, 0.3) is 0 Å². The van der Waals surface area contributed by atoms with Crippen LogP contribution >= 0.6 is 23.2 Å². The molecule has 162 valence electrons. The van der Waals surface area contributed by atoms with E-state index in [-0.39, 0.29) is 9.75 Å². The number of halogens is 2. The van der Waals surface area contributed by atoms with Gasteiger partial charge < -0.3 is 4.90 Å². The molecule has 2 aliphatic rings. The number of benzene rings is 2. The van der Waals surface area contributed by atoms with Gasteiger partial charge in [-0.25, -0.2) is 0 Å². The summed E-state index contributed by atoms with van der Waals surface area (Å²) in [6.45, 7) is 2.07. The molecule has 1 nitrogen and oxygen atoms in total. The van der Waals surface area contributed by atoms with Gasteiger partial charge in [0.15, 0.2) is 0 Å². The molecule has 0 aromatic heterocycles. The highest BCUT2D eigenvalue weighted by atomic mass is 35.5. The molecular formula is C27H35Cl2N. The molecule has 0 N–H and O–H groups in total. The van der Waals surface area contributed by atoms with Crippen LogP contribution in [0.4, 0.5) is 0 Å². The van der Waals surface area contributed by atoms with E-state index >= 15 is 0 Å². The summed E-state index contributed by atoms with van der Waals surface area (Å²) in [6.07, 6.45) is 11.5. The van der Waals surface area contributed by atoms with Gasteiger partial charge in [-0.2, -0.15) is 0 Å². The first-order chi connectivity index (χ1) is 14.5. The van der Waals surface area contributed by atoms with Gasteiger partial charge in [0.1, 0.15) is 0 Å². The number of hydrogen-bond donors (Lipinski definition) is 0. The van der Waals surface area contributed by atoms with Gasteiger partial charge in [0, 0.05) is 6.54 Å². The van der Waals surface area contributed by atoms with Gasteiger partial charge in [-0.3, -0.25) is 0 Å². The van der Waals surface area contributed by atoms with Crippen molar-refractivity contribution in [1.29, 1.82) is 0 Å². The van der Waals surface area contributed by atoms with E-state index < -0.39 is 0 Å². The molecule has 0 atom stereocenters. The third-order valence-electron chi connectivity index (χ3n) is 7.20. The Hall–Kier alpha value is -1.02. The first-order valence-corrected chi connectivity index (χ1v) is 12.5. The van der Waals surface area contributed by atoms with Crippen LogP contribution in [0.15, 0.2) is 48.5 Å². The Kier molecular flexibility index (Phi) is 7.12. The first-order valence-electron chi connectivity index (χ1n) is 11.7. The normalized spacial score (nSPS) is 20.1. The smallest absolute Gasteiger partial charge is 0.0697 e. The van der Waals surface area contributed by atoms with Crippen LogP contribution < -0.4 is 0 Å². The van der Waals surface area contributed by atoms with Crippen molar-refractivity contribution >= 4 is 23.2 Å². The third-order valence-corrected chi connectivity index (χ3v) is 8.36. The minimum absolute atomic E-state index is 0.187. The van der Waals surface area contributed by atoms with Crippen molar-refractivity contribution < 1.29 is 0 Å². The van der Waals surface area contributed by atoms with Crippen LogP contribution in [-0.4, -0.2) is 18.5 Å². The van der Waals surface area contributed by atoms with Crippen LogP contribution in [0.2, 0.25) is 0 Å². The van der Waals surface area contributed by atoms with E-state index in [2.05, 4.69) is 60.5 Å². The van der Waals surface area contributed by atoms with E-state index in [1.165, 1.54) is 47.9 Å². The fraction of sp³-hybridized carbons (Fsp3) is 0.556. The van der Waals surface area contributed by atoms with Gasteiger partial charge in [-0.15, -0.1) is 23.2 Å². The predicted octanol–water partition coefficient (Wildman–Crippen LogP) is 7.77. The molecule has 0 unspecified atom stereocenters. The average Bonchev–Trinajstić information content (AvgIpc) is 3.39. The Bertz CT molecular complexity index is 780. The lowest BCUT2D eigenvalue weighted by molar-refractivity contribution is 0.321. The van der Waals surface area contributed by atoms with E-state index in [9.17, 15) is 0 Å².